The van der Waals surface area contributed by atoms with Crippen molar-refractivity contribution in [2.75, 3.05) is 26.2 Å². The fraction of sp³-hybridized carbons (Fsp3) is 0.556. The van der Waals surface area contributed by atoms with E-state index in [1.54, 1.807) is 0 Å². The zero-order chi connectivity index (χ0) is 29.6. The summed E-state index contributed by atoms with van der Waals surface area (Å²) in [7, 11) is 0. The fourth-order valence-corrected chi connectivity index (χ4v) is 4.59. The summed E-state index contributed by atoms with van der Waals surface area (Å²) in [5.41, 5.74) is 19.3. The molecular formula is C36H56N4Pd. The molecule has 230 valence electrons. The number of aryl methyl sites for hydroxylation is 2. The molecular weight excluding hydrogens is 595 g/mol. The monoisotopic (exact) mass is 650 g/mol. The van der Waals surface area contributed by atoms with Crippen LogP contribution >= 0.6 is 0 Å². The van der Waals surface area contributed by atoms with Crippen molar-refractivity contribution < 1.29 is 25.1 Å². The van der Waals surface area contributed by atoms with Crippen molar-refractivity contribution >= 4 is 11.4 Å². The molecule has 0 aromatic heterocycles. The molecule has 3 rings (SSSR count). The summed E-state index contributed by atoms with van der Waals surface area (Å²) < 4.78 is 1.43. The standard InChI is InChI=1S/C28H36N2.2C4H10N.Pd/c1-4-7-12-22-14-10-17-24(19-22)27-21-26(16-9-6-3)28(30(27)29)25-18-11-15-23(20-25)13-8-5-2;2*1-3-5-4-2;/h10-11,14-15,17-21H,4-9,12-13,16H2,1-3H3;2*3-4H2,1-2H3;/q;2*-1;+2. The summed E-state index contributed by atoms with van der Waals surface area (Å²) in [6, 6.07) is 17.4. The van der Waals surface area contributed by atoms with Gasteiger partial charge in [0.1, 0.15) is 0 Å². The van der Waals surface area contributed by atoms with Gasteiger partial charge in [0.2, 0.25) is 11.4 Å². The Morgan fingerprint density at radius 3 is 1.49 bits per heavy atom. The van der Waals surface area contributed by atoms with E-state index >= 15 is 0 Å². The minimum absolute atomic E-state index is 0. The number of benzene rings is 2. The first-order chi connectivity index (χ1) is 19.5. The fourth-order valence-electron chi connectivity index (χ4n) is 4.59. The Kier molecular flexibility index (Phi) is 23.5. The van der Waals surface area contributed by atoms with Gasteiger partial charge in [-0.15, -0.1) is 0 Å². The molecule has 0 N–H and O–H groups in total. The average molecular weight is 651 g/mol. The molecule has 0 amide bonds. The van der Waals surface area contributed by atoms with E-state index in [0.29, 0.717) is 0 Å². The van der Waals surface area contributed by atoms with Crippen LogP contribution in [0.2, 0.25) is 0 Å². The largest absolute Gasteiger partial charge is 2.00 e. The summed E-state index contributed by atoms with van der Waals surface area (Å²) in [6.45, 7) is 18.7. The smallest absolute Gasteiger partial charge is 0.663 e. The maximum absolute atomic E-state index is 11.3. The van der Waals surface area contributed by atoms with E-state index in [9.17, 15) is 5.53 Å². The molecule has 0 saturated heterocycles. The molecule has 1 aliphatic heterocycles. The van der Waals surface area contributed by atoms with Gasteiger partial charge in [-0.3, -0.25) is 0 Å². The molecule has 41 heavy (non-hydrogen) atoms. The first-order valence-corrected chi connectivity index (χ1v) is 15.9. The molecule has 1 aliphatic rings. The number of hydrogen-bond donors (Lipinski definition) is 0. The van der Waals surface area contributed by atoms with Gasteiger partial charge in [0.25, 0.3) is 0 Å². The first kappa shape index (κ1) is 39.1. The second kappa shape index (κ2) is 24.7. The maximum atomic E-state index is 11.3. The van der Waals surface area contributed by atoms with Gasteiger partial charge in [-0.05, 0) is 73.9 Å². The molecule has 0 unspecified atom stereocenters. The van der Waals surface area contributed by atoms with Crippen LogP contribution in [0, 0.1) is 0 Å². The van der Waals surface area contributed by atoms with Crippen LogP contribution in [0.25, 0.3) is 27.6 Å². The Labute approximate surface area is 266 Å². The molecule has 4 nitrogen and oxygen atoms in total. The van der Waals surface area contributed by atoms with Gasteiger partial charge >= 0.3 is 20.4 Å². The first-order valence-electron chi connectivity index (χ1n) is 15.9. The van der Waals surface area contributed by atoms with Gasteiger partial charge in [0.05, 0.1) is 0 Å². The van der Waals surface area contributed by atoms with Gasteiger partial charge in [0.15, 0.2) is 0 Å². The van der Waals surface area contributed by atoms with Crippen LogP contribution in [0.3, 0.4) is 0 Å². The maximum Gasteiger partial charge on any atom is 2.00 e. The Hall–Kier alpha value is -1.90. The predicted molar refractivity (Wildman–Crippen MR) is 177 cm³/mol. The van der Waals surface area contributed by atoms with Crippen molar-refractivity contribution in [2.45, 2.75) is 106 Å². The van der Waals surface area contributed by atoms with E-state index < -0.39 is 0 Å². The van der Waals surface area contributed by atoms with Gasteiger partial charge in [0, 0.05) is 22.8 Å². The summed E-state index contributed by atoms with van der Waals surface area (Å²) in [4.78, 5) is 0. The van der Waals surface area contributed by atoms with Crippen molar-refractivity contribution in [1.29, 1.82) is 0 Å². The Morgan fingerprint density at radius 2 is 1.05 bits per heavy atom. The van der Waals surface area contributed by atoms with Crippen molar-refractivity contribution in [3.63, 3.8) is 0 Å². The van der Waals surface area contributed by atoms with Crippen LogP contribution < -0.4 is 0 Å². The third-order valence-electron chi connectivity index (χ3n) is 6.81. The molecule has 0 atom stereocenters. The van der Waals surface area contributed by atoms with E-state index in [2.05, 4.69) is 86.0 Å². The van der Waals surface area contributed by atoms with E-state index in [-0.39, 0.29) is 20.4 Å². The minimum Gasteiger partial charge on any atom is -0.663 e. The Bertz CT molecular complexity index is 1030. The van der Waals surface area contributed by atoms with Crippen molar-refractivity contribution in [1.82, 2.24) is 0 Å². The zero-order valence-corrected chi connectivity index (χ0v) is 28.5. The molecule has 0 fully saturated rings. The average Bonchev–Trinajstić information content (AvgIpc) is 3.31. The van der Waals surface area contributed by atoms with Crippen LogP contribution in [-0.4, -0.2) is 30.9 Å². The third-order valence-corrected chi connectivity index (χ3v) is 6.81. The van der Waals surface area contributed by atoms with Gasteiger partial charge in [-0.1, -0.05) is 92.0 Å². The second-order valence-corrected chi connectivity index (χ2v) is 10.1. The van der Waals surface area contributed by atoms with Crippen LogP contribution in [-0.2, 0) is 33.3 Å². The molecule has 2 aromatic carbocycles. The van der Waals surface area contributed by atoms with Crippen LogP contribution in [0.5, 0.6) is 0 Å². The van der Waals surface area contributed by atoms with Gasteiger partial charge < -0.3 is 16.2 Å². The van der Waals surface area contributed by atoms with Crippen LogP contribution in [0.1, 0.15) is 116 Å². The Balaban J connectivity index is 0.00000125. The van der Waals surface area contributed by atoms with Crippen molar-refractivity contribution in [2.24, 2.45) is 0 Å². The van der Waals surface area contributed by atoms with E-state index in [1.807, 2.05) is 27.7 Å². The van der Waals surface area contributed by atoms with Crippen LogP contribution in [0.15, 0.2) is 60.2 Å². The number of allylic oxidation sites excluding steroid dienone is 2. The van der Waals surface area contributed by atoms with E-state index in [0.717, 1.165) is 80.8 Å². The molecule has 0 saturated carbocycles. The SMILES string of the molecule is CCCCC1=C(c2cccc(CCCC)c2)[N+](=[N-])C(c2cccc(CCCC)c2)=C1.CC[N-]CC.CC[N-]CC.[Pd+2]. The predicted octanol–water partition coefficient (Wildman–Crippen LogP) is 11.2. The molecule has 0 bridgehead atoms. The second-order valence-electron chi connectivity index (χ2n) is 10.1. The number of hydrogen-bond acceptors (Lipinski definition) is 0. The van der Waals surface area contributed by atoms with E-state index in [1.165, 1.54) is 47.1 Å². The third kappa shape index (κ3) is 14.7. The van der Waals surface area contributed by atoms with E-state index in [4.69, 9.17) is 0 Å². The quantitative estimate of drug-likeness (QED) is 0.136. The van der Waals surface area contributed by atoms with Crippen molar-refractivity contribution in [3.8, 4) is 0 Å². The number of nitrogens with zero attached hydrogens (tertiary/aromatic N) is 4. The summed E-state index contributed by atoms with van der Waals surface area (Å²) in [6.07, 6.45) is 12.4. The minimum atomic E-state index is 0. The summed E-state index contributed by atoms with van der Waals surface area (Å²) >= 11 is 0. The summed E-state index contributed by atoms with van der Waals surface area (Å²) in [5, 5.41) is 7.94. The Morgan fingerprint density at radius 1 is 0.610 bits per heavy atom. The molecule has 2 aromatic rings. The topological polar surface area (TPSA) is 53.5 Å². The van der Waals surface area contributed by atoms with Crippen LogP contribution in [0.4, 0.5) is 0 Å². The van der Waals surface area contributed by atoms with Gasteiger partial charge in [-0.25, -0.2) is 4.70 Å². The molecule has 0 aliphatic carbocycles. The molecule has 5 heteroatoms. The van der Waals surface area contributed by atoms with Crippen molar-refractivity contribution in [3.05, 3.63) is 98.6 Å². The molecule has 0 radical (unpaired) electrons. The molecule has 0 spiro atoms. The molecule has 1 heterocycles. The zero-order valence-electron chi connectivity index (χ0n) is 27.0. The number of rotatable bonds is 15. The van der Waals surface area contributed by atoms with Gasteiger partial charge in [-0.2, -0.15) is 26.2 Å². The number of unbranched alkanes of at least 4 members (excludes halogenated alkanes) is 3. The summed E-state index contributed by atoms with van der Waals surface area (Å²) in [5.74, 6) is 0. The normalized spacial score (nSPS) is 12.2.